The maximum absolute atomic E-state index is 11.8. The second kappa shape index (κ2) is 6.45. The summed E-state index contributed by atoms with van der Waals surface area (Å²) in [5, 5.41) is 14.2. The minimum atomic E-state index is -1.06. The van der Waals surface area contributed by atoms with Gasteiger partial charge in [-0.2, -0.15) is 0 Å². The Kier molecular flexibility index (Phi) is 4.64. The van der Waals surface area contributed by atoms with Gasteiger partial charge in [-0.1, -0.05) is 15.9 Å². The highest BCUT2D eigenvalue weighted by molar-refractivity contribution is 9.10. The number of carbonyl (C=O) groups is 2. The zero-order valence-electron chi connectivity index (χ0n) is 11.1. The number of aromatic carboxylic acids is 1. The summed E-state index contributed by atoms with van der Waals surface area (Å²) in [6, 6.07) is 7.59. The van der Waals surface area contributed by atoms with Crippen LogP contribution in [0.3, 0.4) is 0 Å². The Morgan fingerprint density at radius 3 is 2.67 bits per heavy atom. The summed E-state index contributed by atoms with van der Waals surface area (Å²) < 4.78 is 5.89. The summed E-state index contributed by atoms with van der Waals surface area (Å²) in [5.74, 6) is 0.347. The molecule has 0 spiro atoms. The fourth-order valence-corrected chi connectivity index (χ4v) is 2.20. The van der Waals surface area contributed by atoms with Gasteiger partial charge in [-0.15, -0.1) is 0 Å². The zero-order chi connectivity index (χ0) is 15.4. The lowest BCUT2D eigenvalue weighted by atomic mass is 10.2. The van der Waals surface area contributed by atoms with Crippen molar-refractivity contribution in [2.75, 3.05) is 5.32 Å². The maximum atomic E-state index is 11.8. The fraction of sp³-hybridized carbons (Fsp3) is 0.143. The van der Waals surface area contributed by atoms with Crippen LogP contribution in [0.4, 0.5) is 10.5 Å². The number of carboxylic acids is 1. The molecule has 0 saturated carbocycles. The van der Waals surface area contributed by atoms with Gasteiger partial charge < -0.3 is 20.2 Å². The molecule has 2 aromatic rings. The first-order chi connectivity index (χ1) is 9.94. The number of hydrogen-bond donors (Lipinski definition) is 3. The van der Waals surface area contributed by atoms with Crippen LogP contribution >= 0.6 is 15.9 Å². The van der Waals surface area contributed by atoms with Gasteiger partial charge in [0.2, 0.25) is 0 Å². The first-order valence-corrected chi connectivity index (χ1v) is 6.87. The van der Waals surface area contributed by atoms with Crippen LogP contribution in [0.2, 0.25) is 0 Å². The van der Waals surface area contributed by atoms with Crippen LogP contribution in [0.15, 0.2) is 39.2 Å². The lowest BCUT2D eigenvalue weighted by molar-refractivity contribution is 0.0697. The minimum Gasteiger partial charge on any atom is -0.478 e. The topological polar surface area (TPSA) is 91.6 Å². The van der Waals surface area contributed by atoms with E-state index in [2.05, 4.69) is 26.6 Å². The van der Waals surface area contributed by atoms with Gasteiger partial charge in [0.1, 0.15) is 11.5 Å². The smallest absolute Gasteiger partial charge is 0.335 e. The Hall–Kier alpha value is -2.28. The highest BCUT2D eigenvalue weighted by atomic mass is 79.9. The van der Waals surface area contributed by atoms with E-state index in [1.54, 1.807) is 12.1 Å². The Balaban J connectivity index is 1.97. The average molecular weight is 353 g/mol. The first kappa shape index (κ1) is 15.1. The number of carbonyl (C=O) groups excluding carboxylic acids is 1. The van der Waals surface area contributed by atoms with Crippen LogP contribution in [-0.2, 0) is 6.54 Å². The van der Waals surface area contributed by atoms with Crippen LogP contribution in [0.25, 0.3) is 0 Å². The second-order valence-corrected chi connectivity index (χ2v) is 5.27. The first-order valence-electron chi connectivity index (χ1n) is 6.08. The molecular weight excluding hydrogens is 340 g/mol. The van der Waals surface area contributed by atoms with E-state index in [-0.39, 0.29) is 12.1 Å². The summed E-state index contributed by atoms with van der Waals surface area (Å²) in [6.45, 7) is 2.07. The van der Waals surface area contributed by atoms with E-state index in [1.165, 1.54) is 12.1 Å². The molecule has 0 aliphatic rings. The van der Waals surface area contributed by atoms with E-state index in [0.717, 1.165) is 5.76 Å². The molecule has 0 saturated heterocycles. The number of urea groups is 1. The van der Waals surface area contributed by atoms with E-state index in [9.17, 15) is 9.59 Å². The van der Waals surface area contributed by atoms with Gasteiger partial charge in [0.15, 0.2) is 0 Å². The van der Waals surface area contributed by atoms with Crippen molar-refractivity contribution in [3.63, 3.8) is 0 Å². The molecule has 0 bridgehead atoms. The van der Waals surface area contributed by atoms with Crippen molar-refractivity contribution in [2.45, 2.75) is 13.5 Å². The van der Waals surface area contributed by atoms with Crippen LogP contribution in [0.1, 0.15) is 21.9 Å². The van der Waals surface area contributed by atoms with Gasteiger partial charge in [0, 0.05) is 10.2 Å². The Labute approximate surface area is 129 Å². The molecule has 3 N–H and O–H groups in total. The van der Waals surface area contributed by atoms with Gasteiger partial charge >= 0.3 is 12.0 Å². The van der Waals surface area contributed by atoms with E-state index in [0.29, 0.717) is 15.9 Å². The van der Waals surface area contributed by atoms with Crippen molar-refractivity contribution in [3.8, 4) is 0 Å². The molecule has 1 heterocycles. The van der Waals surface area contributed by atoms with E-state index in [4.69, 9.17) is 9.52 Å². The summed E-state index contributed by atoms with van der Waals surface area (Å²) in [5.41, 5.74) is 0.469. The molecule has 0 fully saturated rings. The van der Waals surface area contributed by atoms with Crippen LogP contribution in [-0.4, -0.2) is 17.1 Å². The molecule has 1 aromatic carbocycles. The van der Waals surface area contributed by atoms with Crippen molar-refractivity contribution in [1.29, 1.82) is 0 Å². The third-order valence-corrected chi connectivity index (χ3v) is 3.08. The quantitative estimate of drug-likeness (QED) is 0.786. The minimum absolute atomic E-state index is 0.0846. The average Bonchev–Trinajstić information content (AvgIpc) is 2.81. The summed E-state index contributed by atoms with van der Waals surface area (Å²) in [4.78, 5) is 22.7. The van der Waals surface area contributed by atoms with Gasteiger partial charge in [0.05, 0.1) is 12.1 Å². The van der Waals surface area contributed by atoms with E-state index in [1.807, 2.05) is 13.0 Å². The zero-order valence-corrected chi connectivity index (χ0v) is 12.7. The number of furan rings is 1. The molecule has 0 atom stereocenters. The molecule has 0 aliphatic carbocycles. The number of carboxylic acid groups (broad SMARTS) is 1. The predicted octanol–water partition coefficient (Wildman–Crippen LogP) is 3.37. The third kappa shape index (κ3) is 4.35. The summed E-state index contributed by atoms with van der Waals surface area (Å²) in [6.07, 6.45) is 0. The van der Waals surface area contributed by atoms with Crippen molar-refractivity contribution < 1.29 is 19.1 Å². The molecule has 110 valence electrons. The molecule has 7 heteroatoms. The molecule has 2 rings (SSSR count). The van der Waals surface area contributed by atoms with Gasteiger partial charge in [-0.25, -0.2) is 9.59 Å². The monoisotopic (exact) mass is 352 g/mol. The summed E-state index contributed by atoms with van der Waals surface area (Å²) in [7, 11) is 0. The number of anilines is 1. The van der Waals surface area contributed by atoms with Crippen molar-refractivity contribution >= 4 is 33.6 Å². The Morgan fingerprint density at radius 2 is 2.05 bits per heavy atom. The Morgan fingerprint density at radius 1 is 1.29 bits per heavy atom. The van der Waals surface area contributed by atoms with Crippen molar-refractivity contribution in [2.24, 2.45) is 0 Å². The maximum Gasteiger partial charge on any atom is 0.335 e. The third-order valence-electron chi connectivity index (χ3n) is 2.62. The van der Waals surface area contributed by atoms with E-state index >= 15 is 0 Å². The number of amides is 2. The number of hydrogen-bond acceptors (Lipinski definition) is 3. The van der Waals surface area contributed by atoms with Crippen molar-refractivity contribution in [3.05, 3.63) is 51.9 Å². The van der Waals surface area contributed by atoms with Crippen LogP contribution < -0.4 is 10.6 Å². The largest absolute Gasteiger partial charge is 0.478 e. The number of halogens is 1. The van der Waals surface area contributed by atoms with Crippen LogP contribution in [0, 0.1) is 6.92 Å². The highest BCUT2D eigenvalue weighted by Crippen LogP contribution is 2.19. The molecule has 0 unspecified atom stereocenters. The van der Waals surface area contributed by atoms with Gasteiger partial charge in [-0.05, 0) is 37.3 Å². The van der Waals surface area contributed by atoms with E-state index < -0.39 is 12.0 Å². The summed E-state index contributed by atoms with van der Waals surface area (Å²) >= 11 is 3.20. The number of rotatable bonds is 4. The lowest BCUT2D eigenvalue weighted by Gasteiger charge is -2.08. The molecule has 1 aromatic heterocycles. The molecular formula is C14H13BrN2O4. The SMILES string of the molecule is Cc1ccc(CNC(=O)Nc2cc(Br)cc(C(=O)O)c2)o1. The standard InChI is InChI=1S/C14H13BrN2O4/c1-8-2-3-12(21-8)7-16-14(20)17-11-5-9(13(18)19)4-10(15)6-11/h2-6H,7H2,1H3,(H,18,19)(H2,16,17,20). The van der Waals surface area contributed by atoms with Gasteiger partial charge in [-0.3, -0.25) is 0 Å². The number of nitrogens with one attached hydrogen (secondary N) is 2. The fourth-order valence-electron chi connectivity index (χ4n) is 1.71. The molecule has 21 heavy (non-hydrogen) atoms. The Bertz CT molecular complexity index is 681. The second-order valence-electron chi connectivity index (χ2n) is 4.35. The lowest BCUT2D eigenvalue weighted by Crippen LogP contribution is -2.28. The van der Waals surface area contributed by atoms with Crippen molar-refractivity contribution in [1.82, 2.24) is 5.32 Å². The predicted molar refractivity (Wildman–Crippen MR) is 80.4 cm³/mol. The number of aryl methyl sites for hydroxylation is 1. The number of benzene rings is 1. The van der Waals surface area contributed by atoms with Gasteiger partial charge in [0.25, 0.3) is 0 Å². The van der Waals surface area contributed by atoms with Crippen LogP contribution in [0.5, 0.6) is 0 Å². The molecule has 6 nitrogen and oxygen atoms in total. The molecule has 0 radical (unpaired) electrons. The highest BCUT2D eigenvalue weighted by Gasteiger charge is 2.09. The normalized spacial score (nSPS) is 10.2. The molecule has 0 aliphatic heterocycles. The molecule has 2 amide bonds.